The Morgan fingerprint density at radius 2 is 2.00 bits per heavy atom. The van der Waals surface area contributed by atoms with Crippen molar-refractivity contribution in [2.75, 3.05) is 6.54 Å². The van der Waals surface area contributed by atoms with Crippen LogP contribution in [0, 0.1) is 3.57 Å². The van der Waals surface area contributed by atoms with Crippen LogP contribution >= 0.6 is 22.6 Å². The quantitative estimate of drug-likeness (QED) is 0.787. The number of hydrogen-bond donors (Lipinski definition) is 1. The van der Waals surface area contributed by atoms with Gasteiger partial charge < -0.3 is 9.73 Å². The zero-order valence-electron chi connectivity index (χ0n) is 10.5. The molecule has 0 aliphatic carbocycles. The number of rotatable bonds is 6. The van der Waals surface area contributed by atoms with E-state index >= 15 is 0 Å². The van der Waals surface area contributed by atoms with Crippen LogP contribution in [0.25, 0.3) is 0 Å². The third-order valence-electron chi connectivity index (χ3n) is 2.90. The Bertz CT molecular complexity index is 450. The molecule has 1 aromatic heterocycles. The van der Waals surface area contributed by atoms with Crippen LogP contribution in [0.2, 0.25) is 0 Å². The Morgan fingerprint density at radius 1 is 1.22 bits per heavy atom. The Labute approximate surface area is 122 Å². The molecule has 1 heterocycles. The van der Waals surface area contributed by atoms with Crippen LogP contribution in [0.1, 0.15) is 30.7 Å². The third kappa shape index (κ3) is 3.85. The van der Waals surface area contributed by atoms with Crippen molar-refractivity contribution < 1.29 is 4.42 Å². The third-order valence-corrected chi connectivity index (χ3v) is 3.62. The van der Waals surface area contributed by atoms with Crippen LogP contribution in [0.4, 0.5) is 0 Å². The molecule has 3 heteroatoms. The molecule has 0 aliphatic rings. The first kappa shape index (κ1) is 13.6. The van der Waals surface area contributed by atoms with Gasteiger partial charge in [-0.15, -0.1) is 0 Å². The van der Waals surface area contributed by atoms with Crippen molar-refractivity contribution in [2.24, 2.45) is 0 Å². The van der Waals surface area contributed by atoms with Gasteiger partial charge in [-0.1, -0.05) is 19.1 Å². The molecule has 96 valence electrons. The van der Waals surface area contributed by atoms with Crippen LogP contribution < -0.4 is 5.32 Å². The minimum absolute atomic E-state index is 0.327. The van der Waals surface area contributed by atoms with Crippen molar-refractivity contribution in [3.05, 3.63) is 57.6 Å². The summed E-state index contributed by atoms with van der Waals surface area (Å²) in [6, 6.07) is 13.0. The summed E-state index contributed by atoms with van der Waals surface area (Å²) < 4.78 is 6.71. The van der Waals surface area contributed by atoms with Gasteiger partial charge in [-0.25, -0.2) is 0 Å². The number of hydrogen-bond acceptors (Lipinski definition) is 2. The maximum atomic E-state index is 5.45. The van der Waals surface area contributed by atoms with E-state index in [2.05, 4.69) is 59.1 Å². The molecule has 2 rings (SSSR count). The number of nitrogens with one attached hydrogen (secondary N) is 1. The van der Waals surface area contributed by atoms with Gasteiger partial charge in [0.25, 0.3) is 0 Å². The summed E-state index contributed by atoms with van der Waals surface area (Å²) in [5, 5.41) is 3.58. The molecule has 0 fully saturated rings. The average molecular weight is 355 g/mol. The van der Waals surface area contributed by atoms with Crippen molar-refractivity contribution >= 4 is 22.6 Å². The first-order valence-corrected chi connectivity index (χ1v) is 7.38. The van der Waals surface area contributed by atoms with Crippen molar-refractivity contribution in [1.29, 1.82) is 0 Å². The fourth-order valence-corrected chi connectivity index (χ4v) is 2.31. The largest absolute Gasteiger partial charge is 0.469 e. The van der Waals surface area contributed by atoms with E-state index in [9.17, 15) is 0 Å². The van der Waals surface area contributed by atoms with Gasteiger partial charge in [0.15, 0.2) is 0 Å². The van der Waals surface area contributed by atoms with E-state index in [1.165, 1.54) is 9.13 Å². The van der Waals surface area contributed by atoms with E-state index in [4.69, 9.17) is 4.42 Å². The van der Waals surface area contributed by atoms with Gasteiger partial charge in [-0.3, -0.25) is 0 Å². The Hall–Kier alpha value is -0.810. The van der Waals surface area contributed by atoms with Crippen molar-refractivity contribution in [3.63, 3.8) is 0 Å². The molecular weight excluding hydrogens is 337 g/mol. The maximum absolute atomic E-state index is 5.45. The molecule has 0 amide bonds. The molecule has 1 N–H and O–H groups in total. The Kier molecular flexibility index (Phi) is 5.26. The van der Waals surface area contributed by atoms with Crippen molar-refractivity contribution in [1.82, 2.24) is 5.32 Å². The second-order valence-corrected chi connectivity index (χ2v) is 5.59. The van der Waals surface area contributed by atoms with E-state index in [-0.39, 0.29) is 0 Å². The molecule has 0 saturated heterocycles. The molecule has 0 spiro atoms. The Morgan fingerprint density at radius 3 is 2.61 bits per heavy atom. The zero-order chi connectivity index (χ0) is 12.8. The smallest absolute Gasteiger partial charge is 0.105 e. The predicted octanol–water partition coefficient (Wildman–Crippen LogP) is 4.17. The summed E-state index contributed by atoms with van der Waals surface area (Å²) in [6.45, 7) is 3.21. The van der Waals surface area contributed by atoms with Crippen LogP contribution in [0.15, 0.2) is 47.1 Å². The van der Waals surface area contributed by atoms with Gasteiger partial charge in [-0.05, 0) is 65.4 Å². The standard InChI is InChI=1S/C15H18INO/c1-2-9-17-15(11-14-4-3-10-18-14)12-5-7-13(16)8-6-12/h3-8,10,15,17H,2,9,11H2,1H3. The lowest BCUT2D eigenvalue weighted by molar-refractivity contribution is 0.449. The van der Waals surface area contributed by atoms with Crippen molar-refractivity contribution in [2.45, 2.75) is 25.8 Å². The van der Waals surface area contributed by atoms with Crippen LogP contribution in [0.5, 0.6) is 0 Å². The van der Waals surface area contributed by atoms with Crippen LogP contribution in [0.3, 0.4) is 0 Å². The summed E-state index contributed by atoms with van der Waals surface area (Å²) in [5.41, 5.74) is 1.32. The highest BCUT2D eigenvalue weighted by atomic mass is 127. The SMILES string of the molecule is CCCNC(Cc1ccco1)c1ccc(I)cc1. The molecule has 2 nitrogen and oxygen atoms in total. The van der Waals surface area contributed by atoms with E-state index in [0.717, 1.165) is 25.1 Å². The van der Waals surface area contributed by atoms with Gasteiger partial charge in [0.1, 0.15) is 5.76 Å². The highest BCUT2D eigenvalue weighted by molar-refractivity contribution is 14.1. The molecule has 1 unspecified atom stereocenters. The zero-order valence-corrected chi connectivity index (χ0v) is 12.7. The van der Waals surface area contributed by atoms with Crippen LogP contribution in [-0.4, -0.2) is 6.54 Å². The molecule has 2 aromatic rings. The highest BCUT2D eigenvalue weighted by Crippen LogP contribution is 2.20. The van der Waals surface area contributed by atoms with Gasteiger partial charge in [0.05, 0.1) is 6.26 Å². The molecule has 0 aliphatic heterocycles. The summed E-state index contributed by atoms with van der Waals surface area (Å²) in [4.78, 5) is 0. The monoisotopic (exact) mass is 355 g/mol. The number of halogens is 1. The first-order chi connectivity index (χ1) is 8.79. The van der Waals surface area contributed by atoms with E-state index in [1.54, 1.807) is 6.26 Å². The van der Waals surface area contributed by atoms with Gasteiger partial charge in [0, 0.05) is 16.0 Å². The van der Waals surface area contributed by atoms with E-state index < -0.39 is 0 Å². The molecule has 0 radical (unpaired) electrons. The summed E-state index contributed by atoms with van der Waals surface area (Å²) in [6.07, 6.45) is 3.77. The second kappa shape index (κ2) is 6.95. The Balaban J connectivity index is 2.11. The average Bonchev–Trinajstić information content (AvgIpc) is 2.88. The summed E-state index contributed by atoms with van der Waals surface area (Å²) in [7, 11) is 0. The van der Waals surface area contributed by atoms with E-state index in [1.807, 2.05) is 12.1 Å². The van der Waals surface area contributed by atoms with E-state index in [0.29, 0.717) is 6.04 Å². The highest BCUT2D eigenvalue weighted by Gasteiger charge is 2.12. The lowest BCUT2D eigenvalue weighted by Gasteiger charge is -2.18. The summed E-state index contributed by atoms with van der Waals surface area (Å²) >= 11 is 2.33. The van der Waals surface area contributed by atoms with Crippen molar-refractivity contribution in [3.8, 4) is 0 Å². The number of furan rings is 1. The van der Waals surface area contributed by atoms with Gasteiger partial charge >= 0.3 is 0 Å². The molecule has 0 bridgehead atoms. The lowest BCUT2D eigenvalue weighted by Crippen LogP contribution is -2.23. The molecular formula is C15H18INO. The minimum atomic E-state index is 0.327. The van der Waals surface area contributed by atoms with Gasteiger partial charge in [-0.2, -0.15) is 0 Å². The molecule has 18 heavy (non-hydrogen) atoms. The first-order valence-electron chi connectivity index (χ1n) is 6.31. The van der Waals surface area contributed by atoms with Crippen LogP contribution in [-0.2, 0) is 6.42 Å². The summed E-state index contributed by atoms with van der Waals surface area (Å²) in [5.74, 6) is 1.03. The minimum Gasteiger partial charge on any atom is -0.469 e. The fraction of sp³-hybridized carbons (Fsp3) is 0.333. The topological polar surface area (TPSA) is 25.2 Å². The molecule has 0 saturated carbocycles. The maximum Gasteiger partial charge on any atom is 0.105 e. The predicted molar refractivity (Wildman–Crippen MR) is 82.6 cm³/mol. The molecule has 1 aromatic carbocycles. The normalized spacial score (nSPS) is 12.6. The number of benzene rings is 1. The van der Waals surface area contributed by atoms with Gasteiger partial charge in [0.2, 0.25) is 0 Å². The lowest BCUT2D eigenvalue weighted by atomic mass is 10.0. The second-order valence-electron chi connectivity index (χ2n) is 4.34. The molecule has 1 atom stereocenters. The fourth-order valence-electron chi connectivity index (χ4n) is 1.95.